The molecule has 2 aliphatic rings. The summed E-state index contributed by atoms with van der Waals surface area (Å²) in [6.07, 6.45) is 8.30. The highest BCUT2D eigenvalue weighted by molar-refractivity contribution is 5.94. The first-order valence-corrected chi connectivity index (χ1v) is 8.34. The van der Waals surface area contributed by atoms with Crippen LogP contribution in [0.5, 0.6) is 0 Å². The zero-order chi connectivity index (χ0) is 15.8. The Morgan fingerprint density at radius 3 is 2.46 bits per heavy atom. The van der Waals surface area contributed by atoms with Crippen molar-refractivity contribution in [3.63, 3.8) is 0 Å². The predicted molar refractivity (Wildman–Crippen MR) is 95.9 cm³/mol. The van der Waals surface area contributed by atoms with Gasteiger partial charge in [0.2, 0.25) is 0 Å². The fourth-order valence-corrected chi connectivity index (χ4v) is 3.89. The van der Waals surface area contributed by atoms with Crippen LogP contribution >= 0.6 is 12.4 Å². The average molecular weight is 347 g/mol. The van der Waals surface area contributed by atoms with Gasteiger partial charge in [0.1, 0.15) is 0 Å². The highest BCUT2D eigenvalue weighted by Gasteiger charge is 2.36. The number of fused-ring (bicyclic) bond motifs is 2. The number of amides is 1. The van der Waals surface area contributed by atoms with Gasteiger partial charge in [-0.25, -0.2) is 4.68 Å². The van der Waals surface area contributed by atoms with Crippen LogP contribution in [-0.4, -0.2) is 45.8 Å². The third kappa shape index (κ3) is 3.19. The molecule has 1 aromatic carbocycles. The summed E-state index contributed by atoms with van der Waals surface area (Å²) in [5.41, 5.74) is 1.71. The van der Waals surface area contributed by atoms with E-state index in [1.807, 2.05) is 48.5 Å². The predicted octanol–water partition coefficient (Wildman–Crippen LogP) is 2.65. The first-order chi connectivity index (χ1) is 11.2. The van der Waals surface area contributed by atoms with Crippen molar-refractivity contribution < 1.29 is 4.79 Å². The Bertz CT molecular complexity index is 674. The number of piperidine rings is 1. The van der Waals surface area contributed by atoms with Crippen LogP contribution in [0.15, 0.2) is 42.7 Å². The second-order valence-corrected chi connectivity index (χ2v) is 6.68. The molecule has 6 heteroatoms. The van der Waals surface area contributed by atoms with Crippen molar-refractivity contribution in [1.82, 2.24) is 20.0 Å². The molecule has 0 radical (unpaired) electrons. The minimum absolute atomic E-state index is 0. The van der Waals surface area contributed by atoms with Crippen molar-refractivity contribution in [2.45, 2.75) is 43.8 Å². The van der Waals surface area contributed by atoms with Crippen LogP contribution in [0.3, 0.4) is 0 Å². The molecule has 0 saturated carbocycles. The van der Waals surface area contributed by atoms with Crippen molar-refractivity contribution in [1.29, 1.82) is 0 Å². The second kappa shape index (κ2) is 6.95. The Morgan fingerprint density at radius 1 is 1.21 bits per heavy atom. The standard InChI is InChI=1S/C18H22N4O.ClH/c1-21(17-11-14-5-6-15(12-17)20-14)18(23)13-3-7-16(8-4-13)22-10-2-9-19-22;/h2-4,7-10,14-15,17,20H,5-6,11-12H2,1H3;1H. The Hall–Kier alpha value is -1.85. The first-order valence-electron chi connectivity index (χ1n) is 8.34. The van der Waals surface area contributed by atoms with Gasteiger partial charge in [0.05, 0.1) is 5.69 Å². The zero-order valence-corrected chi connectivity index (χ0v) is 14.6. The summed E-state index contributed by atoms with van der Waals surface area (Å²) in [5, 5.41) is 7.84. The minimum Gasteiger partial charge on any atom is -0.339 e. The molecule has 2 fully saturated rings. The molecule has 2 bridgehead atoms. The van der Waals surface area contributed by atoms with Crippen LogP contribution in [0.25, 0.3) is 5.69 Å². The molecule has 2 unspecified atom stereocenters. The van der Waals surface area contributed by atoms with Crippen LogP contribution in [0.4, 0.5) is 0 Å². The molecule has 1 N–H and O–H groups in total. The van der Waals surface area contributed by atoms with E-state index in [4.69, 9.17) is 0 Å². The third-order valence-corrected chi connectivity index (χ3v) is 5.20. The normalized spacial score (nSPS) is 25.1. The summed E-state index contributed by atoms with van der Waals surface area (Å²) in [5.74, 6) is 0.114. The van der Waals surface area contributed by atoms with E-state index in [1.54, 1.807) is 10.9 Å². The molecule has 128 valence electrons. The number of hydrogen-bond acceptors (Lipinski definition) is 3. The fourth-order valence-electron chi connectivity index (χ4n) is 3.89. The van der Waals surface area contributed by atoms with Crippen molar-refractivity contribution in [3.8, 4) is 5.69 Å². The average Bonchev–Trinajstić information content (AvgIpc) is 3.23. The highest BCUT2D eigenvalue weighted by atomic mass is 35.5. The summed E-state index contributed by atoms with van der Waals surface area (Å²) in [4.78, 5) is 14.7. The van der Waals surface area contributed by atoms with Crippen LogP contribution in [0.1, 0.15) is 36.0 Å². The van der Waals surface area contributed by atoms with Crippen LogP contribution in [-0.2, 0) is 0 Å². The molecule has 0 spiro atoms. The maximum atomic E-state index is 12.8. The monoisotopic (exact) mass is 346 g/mol. The van der Waals surface area contributed by atoms with Crippen molar-refractivity contribution >= 4 is 18.3 Å². The molecular formula is C18H23ClN4O. The van der Waals surface area contributed by atoms with Gasteiger partial charge in [0.25, 0.3) is 5.91 Å². The number of carbonyl (C=O) groups excluding carboxylic acids is 1. The highest BCUT2D eigenvalue weighted by Crippen LogP contribution is 2.29. The number of nitrogens with zero attached hydrogens (tertiary/aromatic N) is 3. The lowest BCUT2D eigenvalue weighted by molar-refractivity contribution is 0.0681. The Kier molecular flexibility index (Phi) is 4.92. The second-order valence-electron chi connectivity index (χ2n) is 6.68. The van der Waals surface area contributed by atoms with Gasteiger partial charge < -0.3 is 10.2 Å². The van der Waals surface area contributed by atoms with E-state index in [9.17, 15) is 4.79 Å². The molecule has 2 aliphatic heterocycles. The molecule has 2 saturated heterocycles. The lowest BCUT2D eigenvalue weighted by Crippen LogP contribution is -2.48. The van der Waals surface area contributed by atoms with Crippen LogP contribution in [0, 0.1) is 0 Å². The molecule has 1 aromatic heterocycles. The lowest BCUT2D eigenvalue weighted by atomic mass is 9.98. The van der Waals surface area contributed by atoms with E-state index in [-0.39, 0.29) is 18.3 Å². The lowest BCUT2D eigenvalue weighted by Gasteiger charge is -2.35. The van der Waals surface area contributed by atoms with Crippen LogP contribution < -0.4 is 5.32 Å². The molecular weight excluding hydrogens is 324 g/mol. The van der Waals surface area contributed by atoms with E-state index < -0.39 is 0 Å². The summed E-state index contributed by atoms with van der Waals surface area (Å²) in [7, 11) is 1.94. The number of halogens is 1. The number of benzene rings is 1. The Balaban J connectivity index is 0.00000169. The Labute approximate surface area is 148 Å². The van der Waals surface area contributed by atoms with Gasteiger partial charge in [-0.1, -0.05) is 0 Å². The quantitative estimate of drug-likeness (QED) is 0.929. The maximum Gasteiger partial charge on any atom is 0.253 e. The third-order valence-electron chi connectivity index (χ3n) is 5.20. The Morgan fingerprint density at radius 2 is 1.88 bits per heavy atom. The van der Waals surface area contributed by atoms with Gasteiger partial charge in [-0.3, -0.25) is 4.79 Å². The molecule has 4 rings (SSSR count). The molecule has 3 heterocycles. The van der Waals surface area contributed by atoms with Gasteiger partial charge >= 0.3 is 0 Å². The topological polar surface area (TPSA) is 50.2 Å². The van der Waals surface area contributed by atoms with Crippen LogP contribution in [0.2, 0.25) is 0 Å². The molecule has 2 atom stereocenters. The maximum absolute atomic E-state index is 12.8. The van der Waals surface area contributed by atoms with Gasteiger partial charge in [-0.05, 0) is 56.0 Å². The number of carbonyl (C=O) groups is 1. The number of rotatable bonds is 3. The summed E-state index contributed by atoms with van der Waals surface area (Å²) in [6.45, 7) is 0. The summed E-state index contributed by atoms with van der Waals surface area (Å²) < 4.78 is 1.79. The summed E-state index contributed by atoms with van der Waals surface area (Å²) >= 11 is 0. The molecule has 5 nitrogen and oxygen atoms in total. The van der Waals surface area contributed by atoms with Gasteiger partial charge in [0, 0.05) is 43.1 Å². The van der Waals surface area contributed by atoms with Gasteiger partial charge in [-0.15, -0.1) is 12.4 Å². The van der Waals surface area contributed by atoms with E-state index >= 15 is 0 Å². The number of hydrogen-bond donors (Lipinski definition) is 1. The molecule has 1 amide bonds. The van der Waals surface area contributed by atoms with Gasteiger partial charge in [-0.2, -0.15) is 5.10 Å². The van der Waals surface area contributed by atoms with E-state index in [0.717, 1.165) is 24.1 Å². The number of nitrogens with one attached hydrogen (secondary N) is 1. The smallest absolute Gasteiger partial charge is 0.253 e. The molecule has 24 heavy (non-hydrogen) atoms. The van der Waals surface area contributed by atoms with Crippen molar-refractivity contribution in [2.24, 2.45) is 0 Å². The van der Waals surface area contributed by atoms with Gasteiger partial charge in [0.15, 0.2) is 0 Å². The first kappa shape index (κ1) is 17.0. The van der Waals surface area contributed by atoms with Crippen molar-refractivity contribution in [3.05, 3.63) is 48.3 Å². The minimum atomic E-state index is 0. The zero-order valence-electron chi connectivity index (χ0n) is 13.8. The number of aromatic nitrogens is 2. The van der Waals surface area contributed by atoms with E-state index in [1.165, 1.54) is 12.8 Å². The fraction of sp³-hybridized carbons (Fsp3) is 0.444. The summed E-state index contributed by atoms with van der Waals surface area (Å²) in [6, 6.07) is 11.1. The van der Waals surface area contributed by atoms with E-state index in [2.05, 4.69) is 10.4 Å². The van der Waals surface area contributed by atoms with E-state index in [0.29, 0.717) is 18.1 Å². The molecule has 0 aliphatic carbocycles. The van der Waals surface area contributed by atoms with Crippen molar-refractivity contribution in [2.75, 3.05) is 7.05 Å². The largest absolute Gasteiger partial charge is 0.339 e. The molecule has 2 aromatic rings. The SMILES string of the molecule is CN(C(=O)c1ccc(-n2cccn2)cc1)C1CC2CCC(C1)N2.Cl.